The molecule has 1 fully saturated rings. The van der Waals surface area contributed by atoms with E-state index >= 15 is 0 Å². The zero-order chi connectivity index (χ0) is 11.6. The Kier molecular flexibility index (Phi) is 3.19. The summed E-state index contributed by atoms with van der Waals surface area (Å²) in [5.41, 5.74) is 7.69. The molecule has 2 rings (SSSR count). The second-order valence-electron chi connectivity index (χ2n) is 4.19. The van der Waals surface area contributed by atoms with Crippen LogP contribution in [0.3, 0.4) is 0 Å². The summed E-state index contributed by atoms with van der Waals surface area (Å²) in [6.07, 6.45) is 4.78. The van der Waals surface area contributed by atoms with Crippen molar-refractivity contribution in [3.63, 3.8) is 0 Å². The van der Waals surface area contributed by atoms with Gasteiger partial charge in [0.05, 0.1) is 18.5 Å². The number of hydrogen-bond acceptors (Lipinski definition) is 4. The Balaban J connectivity index is 1.99. The molecule has 0 amide bonds. The van der Waals surface area contributed by atoms with Crippen LogP contribution >= 0.6 is 11.8 Å². The molecule has 0 unspecified atom stereocenters. The number of nitrogen functional groups attached to an aromatic ring is 1. The minimum absolute atomic E-state index is 0.451. The van der Waals surface area contributed by atoms with Gasteiger partial charge in [0, 0.05) is 17.4 Å². The van der Waals surface area contributed by atoms with Gasteiger partial charge in [-0.25, -0.2) is 0 Å². The fourth-order valence-electron chi connectivity index (χ4n) is 1.68. The Morgan fingerprint density at radius 3 is 2.75 bits per heavy atom. The van der Waals surface area contributed by atoms with Gasteiger partial charge in [0.25, 0.3) is 0 Å². The van der Waals surface area contributed by atoms with Gasteiger partial charge in [-0.1, -0.05) is 0 Å². The summed E-state index contributed by atoms with van der Waals surface area (Å²) in [5, 5.41) is 3.42. The highest BCUT2D eigenvalue weighted by Gasteiger charge is 2.41. The molecule has 3 nitrogen and oxygen atoms in total. The summed E-state index contributed by atoms with van der Waals surface area (Å²) in [5.74, 6) is 0.800. The topological polar surface area (TPSA) is 47.3 Å². The van der Waals surface area contributed by atoms with E-state index in [1.807, 2.05) is 30.0 Å². The van der Waals surface area contributed by atoms with Gasteiger partial charge >= 0.3 is 0 Å². The maximum absolute atomic E-state index is 5.94. The molecule has 0 saturated heterocycles. The van der Waals surface area contributed by atoms with E-state index in [0.29, 0.717) is 4.75 Å². The normalized spacial score (nSPS) is 16.9. The molecule has 88 valence electrons. The maximum atomic E-state index is 5.94. The van der Waals surface area contributed by atoms with Crippen molar-refractivity contribution in [2.24, 2.45) is 0 Å². The first-order chi connectivity index (χ1) is 7.69. The molecule has 0 radical (unpaired) electrons. The third-order valence-electron chi connectivity index (χ3n) is 3.10. The highest BCUT2D eigenvalue weighted by molar-refractivity contribution is 8.00. The van der Waals surface area contributed by atoms with Crippen molar-refractivity contribution in [1.29, 1.82) is 0 Å². The molecular weight excluding hydrogens is 220 g/mol. The number of ether oxygens (including phenoxy) is 1. The molecule has 1 aliphatic rings. The molecular formula is C12H18N2OS. The lowest BCUT2D eigenvalue weighted by Gasteiger charge is -2.15. The van der Waals surface area contributed by atoms with Crippen LogP contribution in [0.2, 0.25) is 0 Å². The Morgan fingerprint density at radius 2 is 2.25 bits per heavy atom. The molecule has 1 aromatic rings. The van der Waals surface area contributed by atoms with E-state index in [9.17, 15) is 0 Å². The van der Waals surface area contributed by atoms with Crippen LogP contribution in [-0.4, -0.2) is 24.7 Å². The summed E-state index contributed by atoms with van der Waals surface area (Å²) in [6, 6.07) is 5.75. The first-order valence-corrected chi connectivity index (χ1v) is 6.64. The van der Waals surface area contributed by atoms with E-state index in [1.165, 1.54) is 12.8 Å². The lowest BCUT2D eigenvalue weighted by molar-refractivity contribution is 0.415. The fraction of sp³-hybridized carbons (Fsp3) is 0.500. The number of thioether (sulfide) groups is 1. The molecule has 16 heavy (non-hydrogen) atoms. The van der Waals surface area contributed by atoms with Crippen LogP contribution in [0.1, 0.15) is 12.8 Å². The summed E-state index contributed by atoms with van der Waals surface area (Å²) in [7, 11) is 1.65. The lowest BCUT2D eigenvalue weighted by atomic mass is 10.2. The van der Waals surface area contributed by atoms with Crippen LogP contribution in [0, 0.1) is 0 Å². The van der Waals surface area contributed by atoms with E-state index in [4.69, 9.17) is 10.5 Å². The molecule has 1 aromatic carbocycles. The first-order valence-electron chi connectivity index (χ1n) is 5.42. The van der Waals surface area contributed by atoms with Crippen molar-refractivity contribution >= 4 is 23.1 Å². The van der Waals surface area contributed by atoms with Gasteiger partial charge in [-0.3, -0.25) is 0 Å². The lowest BCUT2D eigenvalue weighted by Crippen LogP contribution is -2.18. The zero-order valence-electron chi connectivity index (χ0n) is 9.75. The second kappa shape index (κ2) is 4.45. The summed E-state index contributed by atoms with van der Waals surface area (Å²) in [4.78, 5) is 0. The summed E-state index contributed by atoms with van der Waals surface area (Å²) >= 11 is 1.94. The van der Waals surface area contributed by atoms with Gasteiger partial charge in [0.1, 0.15) is 5.75 Å². The number of methoxy groups -OCH3 is 1. The zero-order valence-corrected chi connectivity index (χ0v) is 10.6. The van der Waals surface area contributed by atoms with Gasteiger partial charge in [-0.05, 0) is 31.2 Å². The Labute approximate surface area is 101 Å². The van der Waals surface area contributed by atoms with Gasteiger partial charge in [0.2, 0.25) is 0 Å². The molecule has 1 saturated carbocycles. The van der Waals surface area contributed by atoms with Gasteiger partial charge < -0.3 is 15.8 Å². The first kappa shape index (κ1) is 11.5. The third-order valence-corrected chi connectivity index (χ3v) is 4.52. The fourth-order valence-corrected chi connectivity index (χ4v) is 2.40. The Morgan fingerprint density at radius 1 is 1.50 bits per heavy atom. The van der Waals surface area contributed by atoms with Gasteiger partial charge in [-0.2, -0.15) is 11.8 Å². The second-order valence-corrected chi connectivity index (χ2v) is 5.47. The van der Waals surface area contributed by atoms with Crippen LogP contribution in [0.4, 0.5) is 11.4 Å². The van der Waals surface area contributed by atoms with Crippen molar-refractivity contribution in [2.45, 2.75) is 17.6 Å². The highest BCUT2D eigenvalue weighted by atomic mass is 32.2. The molecule has 0 aromatic heterocycles. The molecule has 4 heteroatoms. The van der Waals surface area contributed by atoms with E-state index in [1.54, 1.807) is 7.11 Å². The minimum atomic E-state index is 0.451. The van der Waals surface area contributed by atoms with Crippen LogP contribution in [0.5, 0.6) is 5.75 Å². The van der Waals surface area contributed by atoms with E-state index < -0.39 is 0 Å². The van der Waals surface area contributed by atoms with Gasteiger partial charge in [-0.15, -0.1) is 0 Å². The predicted molar refractivity (Wildman–Crippen MR) is 71.4 cm³/mol. The number of benzene rings is 1. The molecule has 0 heterocycles. The van der Waals surface area contributed by atoms with E-state index in [0.717, 1.165) is 23.7 Å². The van der Waals surface area contributed by atoms with Crippen molar-refractivity contribution in [1.82, 2.24) is 0 Å². The number of hydrogen-bond donors (Lipinski definition) is 2. The van der Waals surface area contributed by atoms with Crippen LogP contribution in [-0.2, 0) is 0 Å². The van der Waals surface area contributed by atoms with Crippen molar-refractivity contribution in [2.75, 3.05) is 31.0 Å². The quantitative estimate of drug-likeness (QED) is 0.774. The Hall–Kier alpha value is -1.03. The number of rotatable bonds is 5. The van der Waals surface area contributed by atoms with Gasteiger partial charge in [0.15, 0.2) is 0 Å². The molecule has 0 atom stereocenters. The predicted octanol–water partition coefficient (Wildman–Crippen LogP) is 2.58. The standard InChI is InChI=1S/C12H18N2OS/c1-15-9-3-4-11(10(13)7-9)14-8-12(16-2)5-6-12/h3-4,7,14H,5-6,8,13H2,1-2H3. The van der Waals surface area contributed by atoms with Crippen LogP contribution in [0.15, 0.2) is 18.2 Å². The SMILES string of the molecule is COc1ccc(NCC2(SC)CC2)c(N)c1. The average Bonchev–Trinajstić information content (AvgIpc) is 3.08. The van der Waals surface area contributed by atoms with E-state index in [2.05, 4.69) is 11.6 Å². The van der Waals surface area contributed by atoms with Crippen molar-refractivity contribution in [3.8, 4) is 5.75 Å². The maximum Gasteiger partial charge on any atom is 0.121 e. The van der Waals surface area contributed by atoms with Crippen LogP contribution in [0.25, 0.3) is 0 Å². The largest absolute Gasteiger partial charge is 0.497 e. The molecule has 0 spiro atoms. The van der Waals surface area contributed by atoms with Crippen molar-refractivity contribution in [3.05, 3.63) is 18.2 Å². The number of nitrogens with two attached hydrogens (primary N) is 1. The third kappa shape index (κ3) is 2.38. The summed E-state index contributed by atoms with van der Waals surface area (Å²) < 4.78 is 5.57. The monoisotopic (exact) mass is 238 g/mol. The number of nitrogens with one attached hydrogen (secondary N) is 1. The average molecular weight is 238 g/mol. The van der Waals surface area contributed by atoms with Crippen LogP contribution < -0.4 is 15.8 Å². The summed E-state index contributed by atoms with van der Waals surface area (Å²) in [6.45, 7) is 0.991. The van der Waals surface area contributed by atoms with E-state index in [-0.39, 0.29) is 0 Å². The molecule has 0 aliphatic heterocycles. The Bertz CT molecular complexity index is 377. The highest BCUT2D eigenvalue weighted by Crippen LogP contribution is 2.47. The minimum Gasteiger partial charge on any atom is -0.497 e. The number of anilines is 2. The molecule has 1 aliphatic carbocycles. The smallest absolute Gasteiger partial charge is 0.121 e. The molecule has 0 bridgehead atoms. The molecule has 3 N–H and O–H groups in total. The van der Waals surface area contributed by atoms with Crippen molar-refractivity contribution < 1.29 is 4.74 Å².